The van der Waals surface area contributed by atoms with Gasteiger partial charge in [-0.3, -0.25) is 10.1 Å². The van der Waals surface area contributed by atoms with Gasteiger partial charge in [-0.25, -0.2) is 4.98 Å². The molecule has 1 N–H and O–H groups in total. The van der Waals surface area contributed by atoms with Crippen LogP contribution in [0.2, 0.25) is 0 Å². The third kappa shape index (κ3) is 3.53. The lowest BCUT2D eigenvalue weighted by atomic mass is 10.2. The molecule has 7 heteroatoms. The SMILES string of the molecule is CCNc1cc([N+](=O)[O-])cc(N2CCSC(C)(C)C2)n1. The second-order valence-corrected chi connectivity index (χ2v) is 7.19. The number of nitrogens with one attached hydrogen (secondary N) is 1. The van der Waals surface area contributed by atoms with Crippen molar-refractivity contribution in [3.8, 4) is 0 Å². The van der Waals surface area contributed by atoms with E-state index >= 15 is 0 Å². The molecule has 0 spiro atoms. The van der Waals surface area contributed by atoms with Crippen LogP contribution in [0, 0.1) is 10.1 Å². The van der Waals surface area contributed by atoms with Gasteiger partial charge in [-0.1, -0.05) is 0 Å². The van der Waals surface area contributed by atoms with Crippen molar-refractivity contribution < 1.29 is 4.92 Å². The van der Waals surface area contributed by atoms with Gasteiger partial charge in [-0.2, -0.15) is 11.8 Å². The van der Waals surface area contributed by atoms with Crippen molar-refractivity contribution in [1.82, 2.24) is 4.98 Å². The van der Waals surface area contributed by atoms with Crippen molar-refractivity contribution in [2.75, 3.05) is 35.6 Å². The molecule has 0 saturated carbocycles. The molecule has 6 nitrogen and oxygen atoms in total. The lowest BCUT2D eigenvalue weighted by molar-refractivity contribution is -0.384. The second-order valence-electron chi connectivity index (χ2n) is 5.39. The van der Waals surface area contributed by atoms with E-state index in [-0.39, 0.29) is 15.4 Å². The van der Waals surface area contributed by atoms with E-state index in [4.69, 9.17) is 0 Å². The summed E-state index contributed by atoms with van der Waals surface area (Å²) in [4.78, 5) is 17.3. The molecule has 0 unspecified atom stereocenters. The van der Waals surface area contributed by atoms with Crippen molar-refractivity contribution in [1.29, 1.82) is 0 Å². The van der Waals surface area contributed by atoms with Crippen LogP contribution in [-0.4, -0.2) is 40.0 Å². The van der Waals surface area contributed by atoms with E-state index in [0.29, 0.717) is 18.2 Å². The fraction of sp³-hybridized carbons (Fsp3) is 0.615. The Hall–Kier alpha value is -1.50. The Labute approximate surface area is 123 Å². The number of rotatable bonds is 4. The van der Waals surface area contributed by atoms with Gasteiger partial charge in [0.2, 0.25) is 0 Å². The van der Waals surface area contributed by atoms with E-state index in [0.717, 1.165) is 18.8 Å². The molecule has 0 bridgehead atoms. The highest BCUT2D eigenvalue weighted by atomic mass is 32.2. The largest absolute Gasteiger partial charge is 0.370 e. The molecule has 1 aliphatic rings. The molecule has 1 fully saturated rings. The Kier molecular flexibility index (Phi) is 4.37. The predicted octanol–water partition coefficient (Wildman–Crippen LogP) is 2.75. The Bertz CT molecular complexity index is 507. The van der Waals surface area contributed by atoms with Gasteiger partial charge in [0.25, 0.3) is 5.69 Å². The standard InChI is InChI=1S/C13H20N4O2S/c1-4-14-11-7-10(17(18)19)8-12(15-11)16-5-6-20-13(2,3)9-16/h7-8H,4-6,9H2,1-3H3,(H,14,15). The molecule has 0 amide bonds. The van der Waals surface area contributed by atoms with E-state index < -0.39 is 0 Å². The first-order chi connectivity index (χ1) is 9.41. The normalized spacial score (nSPS) is 17.9. The summed E-state index contributed by atoms with van der Waals surface area (Å²) < 4.78 is 0.142. The molecule has 1 aromatic heterocycles. The molecular formula is C13H20N4O2S. The zero-order valence-electron chi connectivity index (χ0n) is 12.0. The summed E-state index contributed by atoms with van der Waals surface area (Å²) in [5.74, 6) is 2.25. The lowest BCUT2D eigenvalue weighted by Crippen LogP contribution is -2.43. The van der Waals surface area contributed by atoms with Crippen LogP contribution in [0.5, 0.6) is 0 Å². The summed E-state index contributed by atoms with van der Waals surface area (Å²) in [6.45, 7) is 8.72. The number of nitro groups is 1. The Morgan fingerprint density at radius 3 is 2.90 bits per heavy atom. The second kappa shape index (κ2) is 5.87. The average molecular weight is 296 g/mol. The summed E-state index contributed by atoms with van der Waals surface area (Å²) in [7, 11) is 0. The van der Waals surface area contributed by atoms with Crippen LogP contribution in [0.15, 0.2) is 12.1 Å². The third-order valence-electron chi connectivity index (χ3n) is 3.11. The van der Waals surface area contributed by atoms with Crippen LogP contribution >= 0.6 is 11.8 Å². The number of anilines is 2. The first kappa shape index (κ1) is 14.9. The van der Waals surface area contributed by atoms with E-state index in [2.05, 4.69) is 29.0 Å². The van der Waals surface area contributed by atoms with E-state index in [1.165, 1.54) is 6.07 Å². The van der Waals surface area contributed by atoms with Crippen LogP contribution < -0.4 is 10.2 Å². The van der Waals surface area contributed by atoms with E-state index in [9.17, 15) is 10.1 Å². The highest BCUT2D eigenvalue weighted by molar-refractivity contribution is 8.00. The number of thioether (sulfide) groups is 1. The monoisotopic (exact) mass is 296 g/mol. The van der Waals surface area contributed by atoms with Gasteiger partial charge in [0, 0.05) is 30.1 Å². The molecular weight excluding hydrogens is 276 g/mol. The number of hydrogen-bond acceptors (Lipinski definition) is 6. The summed E-state index contributed by atoms with van der Waals surface area (Å²) in [6.07, 6.45) is 0. The first-order valence-electron chi connectivity index (χ1n) is 6.70. The molecule has 1 aliphatic heterocycles. The molecule has 110 valence electrons. The van der Waals surface area contributed by atoms with Gasteiger partial charge in [0.15, 0.2) is 0 Å². The zero-order valence-corrected chi connectivity index (χ0v) is 12.9. The maximum atomic E-state index is 11.0. The van der Waals surface area contributed by atoms with Crippen LogP contribution in [0.1, 0.15) is 20.8 Å². The Balaban J connectivity index is 2.32. The van der Waals surface area contributed by atoms with E-state index in [1.54, 1.807) is 6.07 Å². The highest BCUT2D eigenvalue weighted by Gasteiger charge is 2.28. The van der Waals surface area contributed by atoms with Crippen LogP contribution in [0.25, 0.3) is 0 Å². The molecule has 2 heterocycles. The highest BCUT2D eigenvalue weighted by Crippen LogP contribution is 2.33. The molecule has 0 aromatic carbocycles. The minimum atomic E-state index is -0.365. The molecule has 20 heavy (non-hydrogen) atoms. The zero-order chi connectivity index (χ0) is 14.8. The van der Waals surface area contributed by atoms with Crippen molar-refractivity contribution in [2.45, 2.75) is 25.5 Å². The number of hydrogen-bond donors (Lipinski definition) is 1. The van der Waals surface area contributed by atoms with Crippen molar-refractivity contribution in [3.63, 3.8) is 0 Å². The summed E-state index contributed by atoms with van der Waals surface area (Å²) in [5, 5.41) is 14.1. The van der Waals surface area contributed by atoms with E-state index in [1.807, 2.05) is 18.7 Å². The number of pyridine rings is 1. The summed E-state index contributed by atoms with van der Waals surface area (Å²) in [5.41, 5.74) is 0.0852. The van der Waals surface area contributed by atoms with Crippen LogP contribution in [-0.2, 0) is 0 Å². The van der Waals surface area contributed by atoms with Crippen LogP contribution in [0.4, 0.5) is 17.3 Å². The fourth-order valence-electron chi connectivity index (χ4n) is 2.25. The minimum Gasteiger partial charge on any atom is -0.370 e. The lowest BCUT2D eigenvalue weighted by Gasteiger charge is -2.38. The quantitative estimate of drug-likeness (QED) is 0.680. The number of nitrogens with zero attached hydrogens (tertiary/aromatic N) is 3. The fourth-order valence-corrected chi connectivity index (χ4v) is 3.36. The van der Waals surface area contributed by atoms with Crippen molar-refractivity contribution >= 4 is 29.1 Å². The van der Waals surface area contributed by atoms with Gasteiger partial charge < -0.3 is 10.2 Å². The molecule has 0 atom stereocenters. The summed E-state index contributed by atoms with van der Waals surface area (Å²) in [6, 6.07) is 3.05. The number of aromatic nitrogens is 1. The average Bonchev–Trinajstić information content (AvgIpc) is 2.37. The van der Waals surface area contributed by atoms with Gasteiger partial charge >= 0.3 is 0 Å². The van der Waals surface area contributed by atoms with Gasteiger partial charge in [-0.15, -0.1) is 0 Å². The molecule has 0 radical (unpaired) electrons. The van der Waals surface area contributed by atoms with Crippen molar-refractivity contribution in [3.05, 3.63) is 22.2 Å². The predicted molar refractivity (Wildman–Crippen MR) is 83.8 cm³/mol. The topological polar surface area (TPSA) is 71.3 Å². The third-order valence-corrected chi connectivity index (χ3v) is 4.41. The first-order valence-corrected chi connectivity index (χ1v) is 7.69. The Morgan fingerprint density at radius 2 is 2.30 bits per heavy atom. The van der Waals surface area contributed by atoms with Crippen molar-refractivity contribution in [2.24, 2.45) is 0 Å². The van der Waals surface area contributed by atoms with Gasteiger partial charge in [-0.05, 0) is 20.8 Å². The molecule has 0 aliphatic carbocycles. The maximum Gasteiger partial charge on any atom is 0.276 e. The smallest absolute Gasteiger partial charge is 0.276 e. The Morgan fingerprint density at radius 1 is 1.55 bits per heavy atom. The molecule has 1 aromatic rings. The van der Waals surface area contributed by atoms with Crippen LogP contribution in [0.3, 0.4) is 0 Å². The van der Waals surface area contributed by atoms with Gasteiger partial charge in [0.05, 0.1) is 17.1 Å². The minimum absolute atomic E-state index is 0.0852. The maximum absolute atomic E-state index is 11.0. The van der Waals surface area contributed by atoms with Gasteiger partial charge in [0.1, 0.15) is 11.6 Å². The summed E-state index contributed by atoms with van der Waals surface area (Å²) >= 11 is 1.92. The molecule has 1 saturated heterocycles. The molecule has 2 rings (SSSR count).